The number of Topliss-reactive ketones (excluding diaryl/α,β-unsaturated/α-hetero) is 1. The summed E-state index contributed by atoms with van der Waals surface area (Å²) in [6, 6.07) is 0. The van der Waals surface area contributed by atoms with Crippen LogP contribution in [0.25, 0.3) is 0 Å². The van der Waals surface area contributed by atoms with Gasteiger partial charge in [0.1, 0.15) is 5.15 Å². The molecule has 12 heavy (non-hydrogen) atoms. The Labute approximate surface area is 79.7 Å². The van der Waals surface area contributed by atoms with Gasteiger partial charge in [-0.25, -0.2) is 9.97 Å². The zero-order valence-corrected chi connectivity index (χ0v) is 7.85. The number of carbonyl (C=O) groups is 1. The molecule has 3 nitrogen and oxygen atoms in total. The topological polar surface area (TPSA) is 42.9 Å². The van der Waals surface area contributed by atoms with Crippen molar-refractivity contribution in [2.24, 2.45) is 0 Å². The lowest BCUT2D eigenvalue weighted by Gasteiger charge is -1.98. The van der Waals surface area contributed by atoms with Gasteiger partial charge in [-0.2, -0.15) is 0 Å². The molecule has 1 aromatic heterocycles. The molecule has 0 aromatic carbocycles. The van der Waals surface area contributed by atoms with E-state index in [1.165, 1.54) is 6.20 Å². The summed E-state index contributed by atoms with van der Waals surface area (Å²) in [6.45, 7) is 1.74. The maximum Gasteiger partial charge on any atom is 0.223 e. The van der Waals surface area contributed by atoms with Crippen molar-refractivity contribution >= 4 is 29.0 Å². The Morgan fingerprint density at radius 3 is 2.75 bits per heavy atom. The monoisotopic (exact) mass is 204 g/mol. The first-order valence-corrected chi connectivity index (χ1v) is 4.12. The van der Waals surface area contributed by atoms with E-state index in [2.05, 4.69) is 9.97 Å². The molecule has 0 saturated carbocycles. The molecule has 1 aromatic rings. The third kappa shape index (κ3) is 1.93. The minimum atomic E-state index is -0.0864. The predicted molar refractivity (Wildman–Crippen MR) is 46.7 cm³/mol. The maximum absolute atomic E-state index is 11.1. The van der Waals surface area contributed by atoms with Crippen molar-refractivity contribution in [3.05, 3.63) is 22.2 Å². The van der Waals surface area contributed by atoms with Gasteiger partial charge in [0.2, 0.25) is 5.28 Å². The molecule has 0 saturated heterocycles. The van der Waals surface area contributed by atoms with Crippen LogP contribution in [-0.4, -0.2) is 15.8 Å². The molecule has 0 spiro atoms. The third-order valence-electron chi connectivity index (χ3n) is 1.33. The SMILES string of the molecule is CCC(=O)c1cnc(Cl)nc1Cl. The fourth-order valence-corrected chi connectivity index (χ4v) is 1.13. The maximum atomic E-state index is 11.1. The van der Waals surface area contributed by atoms with E-state index in [-0.39, 0.29) is 16.2 Å². The first kappa shape index (κ1) is 9.42. The molecule has 1 rings (SSSR count). The number of hydrogen-bond acceptors (Lipinski definition) is 3. The van der Waals surface area contributed by atoms with Crippen molar-refractivity contribution in [3.8, 4) is 0 Å². The molecule has 0 bridgehead atoms. The van der Waals surface area contributed by atoms with Crippen LogP contribution >= 0.6 is 23.2 Å². The van der Waals surface area contributed by atoms with Gasteiger partial charge in [0, 0.05) is 12.6 Å². The summed E-state index contributed by atoms with van der Waals surface area (Å²) in [5.74, 6) is -0.0864. The van der Waals surface area contributed by atoms with Gasteiger partial charge in [-0.05, 0) is 11.6 Å². The van der Waals surface area contributed by atoms with E-state index in [0.29, 0.717) is 12.0 Å². The van der Waals surface area contributed by atoms with Crippen molar-refractivity contribution in [3.63, 3.8) is 0 Å². The Kier molecular flexibility index (Phi) is 3.00. The highest BCUT2D eigenvalue weighted by Gasteiger charge is 2.10. The van der Waals surface area contributed by atoms with E-state index < -0.39 is 0 Å². The normalized spacial score (nSPS) is 9.92. The molecule has 0 atom stereocenters. The summed E-state index contributed by atoms with van der Waals surface area (Å²) in [5.41, 5.74) is 0.323. The molecular formula is C7H6Cl2N2O. The average Bonchev–Trinajstić information content (AvgIpc) is 2.03. The lowest BCUT2D eigenvalue weighted by Crippen LogP contribution is -2.00. The van der Waals surface area contributed by atoms with Crippen LogP contribution in [-0.2, 0) is 0 Å². The molecule has 0 radical (unpaired) electrons. The standard InChI is InChI=1S/C7H6Cl2N2O/c1-2-5(12)4-3-10-7(9)11-6(4)8/h3H,2H2,1H3. The van der Waals surface area contributed by atoms with Crippen LogP contribution in [0.1, 0.15) is 23.7 Å². The summed E-state index contributed by atoms with van der Waals surface area (Å²) in [6.07, 6.45) is 1.72. The predicted octanol–water partition coefficient (Wildman–Crippen LogP) is 2.38. The summed E-state index contributed by atoms with van der Waals surface area (Å²) >= 11 is 11.1. The molecule has 0 aliphatic rings. The molecule has 0 fully saturated rings. The zero-order valence-electron chi connectivity index (χ0n) is 6.34. The fraction of sp³-hybridized carbons (Fsp3) is 0.286. The van der Waals surface area contributed by atoms with Crippen LogP contribution in [0.2, 0.25) is 10.4 Å². The summed E-state index contributed by atoms with van der Waals surface area (Å²) in [4.78, 5) is 18.4. The second-order valence-electron chi connectivity index (χ2n) is 2.12. The van der Waals surface area contributed by atoms with Gasteiger partial charge < -0.3 is 0 Å². The second kappa shape index (κ2) is 3.83. The van der Waals surface area contributed by atoms with Gasteiger partial charge in [-0.1, -0.05) is 18.5 Å². The fourth-order valence-electron chi connectivity index (χ4n) is 0.719. The van der Waals surface area contributed by atoms with Crippen LogP contribution in [0.3, 0.4) is 0 Å². The van der Waals surface area contributed by atoms with E-state index in [9.17, 15) is 4.79 Å². The molecule has 64 valence electrons. The number of hydrogen-bond donors (Lipinski definition) is 0. The highest BCUT2D eigenvalue weighted by Crippen LogP contribution is 2.15. The molecule has 0 unspecified atom stereocenters. The Bertz CT molecular complexity index is 314. The average molecular weight is 205 g/mol. The van der Waals surface area contributed by atoms with Gasteiger partial charge in [-0.15, -0.1) is 0 Å². The van der Waals surface area contributed by atoms with Crippen molar-refractivity contribution in [2.45, 2.75) is 13.3 Å². The van der Waals surface area contributed by atoms with Crippen LogP contribution in [0, 0.1) is 0 Å². The smallest absolute Gasteiger partial charge is 0.223 e. The Hall–Kier alpha value is -0.670. The minimum absolute atomic E-state index is 0.0488. The first-order chi connectivity index (χ1) is 5.65. The summed E-state index contributed by atoms with van der Waals surface area (Å²) in [7, 11) is 0. The Morgan fingerprint density at radius 1 is 1.58 bits per heavy atom. The van der Waals surface area contributed by atoms with Crippen molar-refractivity contribution < 1.29 is 4.79 Å². The molecule has 1 heterocycles. The van der Waals surface area contributed by atoms with Gasteiger partial charge in [0.05, 0.1) is 5.56 Å². The highest BCUT2D eigenvalue weighted by molar-refractivity contribution is 6.34. The minimum Gasteiger partial charge on any atom is -0.294 e. The number of rotatable bonds is 2. The number of nitrogens with zero attached hydrogens (tertiary/aromatic N) is 2. The first-order valence-electron chi connectivity index (χ1n) is 3.36. The number of halogens is 2. The van der Waals surface area contributed by atoms with Crippen LogP contribution in [0.4, 0.5) is 0 Å². The number of aromatic nitrogens is 2. The Morgan fingerprint density at radius 2 is 2.25 bits per heavy atom. The molecule has 0 N–H and O–H groups in total. The Balaban J connectivity index is 3.09. The van der Waals surface area contributed by atoms with E-state index in [4.69, 9.17) is 23.2 Å². The highest BCUT2D eigenvalue weighted by atomic mass is 35.5. The van der Waals surface area contributed by atoms with E-state index in [1.54, 1.807) is 6.92 Å². The van der Waals surface area contributed by atoms with E-state index >= 15 is 0 Å². The van der Waals surface area contributed by atoms with E-state index in [0.717, 1.165) is 0 Å². The summed E-state index contributed by atoms with van der Waals surface area (Å²) in [5, 5.41) is 0.162. The molecule has 0 aliphatic heterocycles. The molecular weight excluding hydrogens is 199 g/mol. The summed E-state index contributed by atoms with van der Waals surface area (Å²) < 4.78 is 0. The van der Waals surface area contributed by atoms with Gasteiger partial charge in [-0.3, -0.25) is 4.79 Å². The molecule has 0 amide bonds. The quantitative estimate of drug-likeness (QED) is 0.422. The van der Waals surface area contributed by atoms with Crippen molar-refractivity contribution in [1.29, 1.82) is 0 Å². The van der Waals surface area contributed by atoms with Crippen LogP contribution in [0.15, 0.2) is 6.20 Å². The van der Waals surface area contributed by atoms with Crippen molar-refractivity contribution in [1.82, 2.24) is 9.97 Å². The number of carbonyl (C=O) groups excluding carboxylic acids is 1. The van der Waals surface area contributed by atoms with Gasteiger partial charge in [0.25, 0.3) is 0 Å². The van der Waals surface area contributed by atoms with Gasteiger partial charge in [0.15, 0.2) is 5.78 Å². The molecule has 5 heteroatoms. The lowest BCUT2D eigenvalue weighted by molar-refractivity contribution is 0.0987. The largest absolute Gasteiger partial charge is 0.294 e. The number of ketones is 1. The van der Waals surface area contributed by atoms with E-state index in [1.807, 2.05) is 0 Å². The lowest BCUT2D eigenvalue weighted by atomic mass is 10.2. The van der Waals surface area contributed by atoms with Crippen molar-refractivity contribution in [2.75, 3.05) is 0 Å². The molecule has 0 aliphatic carbocycles. The second-order valence-corrected chi connectivity index (χ2v) is 2.82. The zero-order chi connectivity index (χ0) is 9.14. The van der Waals surface area contributed by atoms with Crippen LogP contribution < -0.4 is 0 Å². The van der Waals surface area contributed by atoms with Crippen LogP contribution in [0.5, 0.6) is 0 Å². The van der Waals surface area contributed by atoms with Gasteiger partial charge >= 0.3 is 0 Å². The third-order valence-corrected chi connectivity index (χ3v) is 1.80.